The van der Waals surface area contributed by atoms with Crippen molar-refractivity contribution in [3.63, 3.8) is 0 Å². The Labute approximate surface area is 156 Å². The molecule has 3 N–H and O–H groups in total. The van der Waals surface area contributed by atoms with Crippen molar-refractivity contribution in [2.75, 3.05) is 7.11 Å². The molecule has 138 valence electrons. The Bertz CT molecular complexity index is 1010. The van der Waals surface area contributed by atoms with E-state index in [2.05, 4.69) is 10.5 Å². The van der Waals surface area contributed by atoms with Crippen LogP contribution in [0.2, 0.25) is 0 Å². The monoisotopic (exact) mass is 364 g/mol. The first kappa shape index (κ1) is 18.2. The number of fused-ring (bicyclic) bond motifs is 1. The molecule has 3 rings (SSSR count). The van der Waals surface area contributed by atoms with Crippen molar-refractivity contribution in [3.05, 3.63) is 65.9 Å². The standard InChI is InChI=1S/C20H20N4O3/c1-27-16-6-4-5-14(9-16)10-20(26)23-22-11-15-12-24(13-19(21)25)18-8-3-2-7-17(15)18/h2-9,11-12H,10,13H2,1H3,(H2,21,25)(H,23,26)/b22-11+. The first-order chi connectivity index (χ1) is 13.1. The van der Waals surface area contributed by atoms with Crippen molar-refractivity contribution in [2.24, 2.45) is 10.8 Å². The molecule has 1 aromatic heterocycles. The summed E-state index contributed by atoms with van der Waals surface area (Å²) in [5, 5.41) is 4.96. The molecule has 0 bridgehead atoms. The number of amides is 2. The number of para-hydroxylation sites is 1. The molecule has 0 spiro atoms. The van der Waals surface area contributed by atoms with Gasteiger partial charge in [-0.15, -0.1) is 0 Å². The summed E-state index contributed by atoms with van der Waals surface area (Å²) in [7, 11) is 1.58. The summed E-state index contributed by atoms with van der Waals surface area (Å²) in [4.78, 5) is 23.3. The fourth-order valence-corrected chi connectivity index (χ4v) is 2.86. The van der Waals surface area contributed by atoms with Gasteiger partial charge >= 0.3 is 0 Å². The van der Waals surface area contributed by atoms with Gasteiger partial charge in [0.25, 0.3) is 0 Å². The molecule has 1 heterocycles. The van der Waals surface area contributed by atoms with Crippen LogP contribution in [-0.2, 0) is 22.6 Å². The zero-order valence-electron chi connectivity index (χ0n) is 14.9. The zero-order valence-corrected chi connectivity index (χ0v) is 14.9. The molecule has 7 nitrogen and oxygen atoms in total. The molecule has 27 heavy (non-hydrogen) atoms. The molecule has 0 aliphatic heterocycles. The van der Waals surface area contributed by atoms with Crippen LogP contribution in [0.4, 0.5) is 0 Å². The third kappa shape index (κ3) is 4.52. The lowest BCUT2D eigenvalue weighted by molar-refractivity contribution is -0.120. The van der Waals surface area contributed by atoms with Crippen LogP contribution >= 0.6 is 0 Å². The Balaban J connectivity index is 1.70. The highest BCUT2D eigenvalue weighted by Gasteiger charge is 2.08. The fraction of sp³-hybridized carbons (Fsp3) is 0.150. The number of ether oxygens (including phenoxy) is 1. The normalized spacial score (nSPS) is 11.0. The van der Waals surface area contributed by atoms with Gasteiger partial charge in [0.2, 0.25) is 11.8 Å². The molecule has 0 aliphatic carbocycles. The van der Waals surface area contributed by atoms with Gasteiger partial charge < -0.3 is 15.0 Å². The lowest BCUT2D eigenvalue weighted by Crippen LogP contribution is -2.19. The topological polar surface area (TPSA) is 98.7 Å². The third-order valence-electron chi connectivity index (χ3n) is 4.04. The minimum atomic E-state index is -0.425. The Morgan fingerprint density at radius 3 is 2.81 bits per heavy atom. The maximum atomic E-state index is 12.1. The summed E-state index contributed by atoms with van der Waals surface area (Å²) in [5.41, 5.74) is 10.3. The predicted octanol–water partition coefficient (Wildman–Crippen LogP) is 1.83. The maximum absolute atomic E-state index is 12.1. The second kappa shape index (κ2) is 8.18. The van der Waals surface area contributed by atoms with E-state index in [0.717, 1.165) is 22.0 Å². The Morgan fingerprint density at radius 1 is 1.22 bits per heavy atom. The minimum Gasteiger partial charge on any atom is -0.497 e. The predicted molar refractivity (Wildman–Crippen MR) is 104 cm³/mol. The van der Waals surface area contributed by atoms with Crippen LogP contribution in [0.3, 0.4) is 0 Å². The Hall–Kier alpha value is -3.61. The summed E-state index contributed by atoms with van der Waals surface area (Å²) in [6.45, 7) is 0.0799. The molecule has 3 aromatic rings. The number of methoxy groups -OCH3 is 1. The van der Waals surface area contributed by atoms with Crippen LogP contribution in [0.15, 0.2) is 59.8 Å². The maximum Gasteiger partial charge on any atom is 0.244 e. The van der Waals surface area contributed by atoms with E-state index < -0.39 is 5.91 Å². The number of carbonyl (C=O) groups is 2. The van der Waals surface area contributed by atoms with Gasteiger partial charge in [-0.1, -0.05) is 30.3 Å². The number of benzene rings is 2. The Kier molecular flexibility index (Phi) is 5.51. The van der Waals surface area contributed by atoms with E-state index >= 15 is 0 Å². The van der Waals surface area contributed by atoms with Crippen LogP contribution in [-0.4, -0.2) is 29.7 Å². The van der Waals surface area contributed by atoms with Gasteiger partial charge in [0, 0.05) is 22.7 Å². The van der Waals surface area contributed by atoms with Crippen molar-refractivity contribution < 1.29 is 14.3 Å². The molecule has 2 aromatic carbocycles. The quantitative estimate of drug-likeness (QED) is 0.494. The van der Waals surface area contributed by atoms with Gasteiger partial charge in [-0.25, -0.2) is 5.43 Å². The summed E-state index contributed by atoms with van der Waals surface area (Å²) in [6.07, 6.45) is 3.54. The highest BCUT2D eigenvalue weighted by Crippen LogP contribution is 2.19. The average molecular weight is 364 g/mol. The van der Waals surface area contributed by atoms with Crippen molar-refractivity contribution >= 4 is 28.9 Å². The molecule has 0 atom stereocenters. The number of rotatable bonds is 7. The summed E-state index contributed by atoms with van der Waals surface area (Å²) in [6, 6.07) is 14.9. The number of carbonyl (C=O) groups excluding carboxylic acids is 2. The molecule has 0 radical (unpaired) electrons. The van der Waals surface area contributed by atoms with Crippen molar-refractivity contribution in [1.82, 2.24) is 9.99 Å². The Morgan fingerprint density at radius 2 is 2.04 bits per heavy atom. The SMILES string of the molecule is COc1cccc(CC(=O)N/N=C/c2cn(CC(N)=O)c3ccccc23)c1. The third-order valence-corrected chi connectivity index (χ3v) is 4.04. The molecule has 0 saturated heterocycles. The number of hydrogen-bond acceptors (Lipinski definition) is 4. The molecule has 0 unspecified atom stereocenters. The van der Waals surface area contributed by atoms with Gasteiger partial charge in [0.05, 0.1) is 19.7 Å². The molecule has 0 fully saturated rings. The van der Waals surface area contributed by atoms with Crippen LogP contribution in [0.5, 0.6) is 5.75 Å². The number of nitrogens with two attached hydrogens (primary N) is 1. The van der Waals surface area contributed by atoms with E-state index in [9.17, 15) is 9.59 Å². The number of aromatic nitrogens is 1. The number of nitrogens with one attached hydrogen (secondary N) is 1. The average Bonchev–Trinajstić information content (AvgIpc) is 2.99. The lowest BCUT2D eigenvalue weighted by atomic mass is 10.1. The zero-order chi connectivity index (χ0) is 19.2. The van der Waals surface area contributed by atoms with Crippen molar-refractivity contribution in [1.29, 1.82) is 0 Å². The minimum absolute atomic E-state index is 0.0799. The lowest BCUT2D eigenvalue weighted by Gasteiger charge is -2.03. The van der Waals surface area contributed by atoms with E-state index in [1.54, 1.807) is 30.2 Å². The molecule has 7 heteroatoms. The van der Waals surface area contributed by atoms with Gasteiger partial charge in [-0.05, 0) is 23.8 Å². The fourth-order valence-electron chi connectivity index (χ4n) is 2.86. The van der Waals surface area contributed by atoms with E-state index in [0.29, 0.717) is 5.75 Å². The largest absolute Gasteiger partial charge is 0.497 e. The number of hydrogen-bond donors (Lipinski definition) is 2. The van der Waals surface area contributed by atoms with Crippen molar-refractivity contribution in [2.45, 2.75) is 13.0 Å². The summed E-state index contributed by atoms with van der Waals surface area (Å²) < 4.78 is 6.91. The summed E-state index contributed by atoms with van der Waals surface area (Å²) >= 11 is 0. The number of primary amides is 1. The van der Waals surface area contributed by atoms with E-state index in [1.807, 2.05) is 42.5 Å². The highest BCUT2D eigenvalue weighted by molar-refractivity contribution is 6.00. The second-order valence-electron chi connectivity index (χ2n) is 6.02. The molecule has 2 amide bonds. The van der Waals surface area contributed by atoms with Gasteiger partial charge in [0.1, 0.15) is 12.3 Å². The smallest absolute Gasteiger partial charge is 0.244 e. The van der Waals surface area contributed by atoms with Gasteiger partial charge in [-0.2, -0.15) is 5.10 Å². The molecular weight excluding hydrogens is 344 g/mol. The van der Waals surface area contributed by atoms with E-state index in [-0.39, 0.29) is 18.9 Å². The highest BCUT2D eigenvalue weighted by atomic mass is 16.5. The van der Waals surface area contributed by atoms with Gasteiger partial charge in [-0.3, -0.25) is 9.59 Å². The van der Waals surface area contributed by atoms with Crippen LogP contribution < -0.4 is 15.9 Å². The first-order valence-electron chi connectivity index (χ1n) is 8.38. The van der Waals surface area contributed by atoms with Crippen molar-refractivity contribution in [3.8, 4) is 5.75 Å². The van der Waals surface area contributed by atoms with E-state index in [1.165, 1.54) is 0 Å². The van der Waals surface area contributed by atoms with Crippen LogP contribution in [0.1, 0.15) is 11.1 Å². The number of nitrogens with zero attached hydrogens (tertiary/aromatic N) is 2. The molecular formula is C20H20N4O3. The van der Waals surface area contributed by atoms with Gasteiger partial charge in [0.15, 0.2) is 0 Å². The molecule has 0 saturated carbocycles. The second-order valence-corrected chi connectivity index (χ2v) is 6.02. The summed E-state index contributed by atoms with van der Waals surface area (Å²) in [5.74, 6) is 0.0391. The van der Waals surface area contributed by atoms with E-state index in [4.69, 9.17) is 10.5 Å². The first-order valence-corrected chi connectivity index (χ1v) is 8.38. The van der Waals surface area contributed by atoms with Crippen LogP contribution in [0.25, 0.3) is 10.9 Å². The number of hydrazone groups is 1. The molecule has 0 aliphatic rings. The van der Waals surface area contributed by atoms with Crippen LogP contribution in [0, 0.1) is 0 Å².